The third kappa shape index (κ3) is 5.69. The molecule has 2 aromatic carbocycles. The second kappa shape index (κ2) is 10.4. The van der Waals surface area contributed by atoms with Crippen LogP contribution in [0.3, 0.4) is 0 Å². The lowest BCUT2D eigenvalue weighted by Crippen LogP contribution is -2.34. The third-order valence-electron chi connectivity index (χ3n) is 4.96. The molecule has 31 heavy (non-hydrogen) atoms. The second-order valence-electron chi connectivity index (χ2n) is 7.10. The quantitative estimate of drug-likeness (QED) is 0.504. The first-order valence-electron chi connectivity index (χ1n) is 10.1. The summed E-state index contributed by atoms with van der Waals surface area (Å²) in [4.78, 5) is 30.8. The number of pyridine rings is 1. The summed E-state index contributed by atoms with van der Waals surface area (Å²) in [7, 11) is 0. The molecule has 0 aliphatic rings. The van der Waals surface area contributed by atoms with Gasteiger partial charge in [0.15, 0.2) is 6.61 Å². The highest BCUT2D eigenvalue weighted by molar-refractivity contribution is 5.95. The van der Waals surface area contributed by atoms with Crippen LogP contribution >= 0.6 is 0 Å². The van der Waals surface area contributed by atoms with E-state index in [0.29, 0.717) is 30.2 Å². The van der Waals surface area contributed by atoms with Crippen molar-refractivity contribution in [2.75, 3.05) is 18.1 Å². The minimum atomic E-state index is -0.391. The van der Waals surface area contributed by atoms with Gasteiger partial charge in [-0.05, 0) is 73.9 Å². The van der Waals surface area contributed by atoms with Crippen molar-refractivity contribution in [3.63, 3.8) is 0 Å². The van der Waals surface area contributed by atoms with Crippen molar-refractivity contribution >= 4 is 17.6 Å². The Kier molecular flexibility index (Phi) is 7.38. The minimum absolute atomic E-state index is 0.107. The molecular formula is C25H26N2O4. The van der Waals surface area contributed by atoms with Gasteiger partial charge in [0.2, 0.25) is 0 Å². The van der Waals surface area contributed by atoms with Crippen LogP contribution in [-0.4, -0.2) is 30.1 Å². The number of nitrogens with zero attached hydrogens (tertiary/aromatic N) is 2. The van der Waals surface area contributed by atoms with Gasteiger partial charge in [0.05, 0.1) is 18.7 Å². The number of anilines is 1. The second-order valence-corrected chi connectivity index (χ2v) is 7.10. The lowest BCUT2D eigenvalue weighted by Gasteiger charge is -2.23. The highest BCUT2D eigenvalue weighted by Crippen LogP contribution is 2.22. The summed E-state index contributed by atoms with van der Waals surface area (Å²) in [6.45, 7) is 6.27. The molecule has 0 aliphatic heterocycles. The van der Waals surface area contributed by atoms with Crippen molar-refractivity contribution in [3.05, 3.63) is 89.2 Å². The van der Waals surface area contributed by atoms with Crippen molar-refractivity contribution in [2.45, 2.75) is 27.3 Å². The first-order valence-corrected chi connectivity index (χ1v) is 10.1. The molecular weight excluding hydrogens is 392 g/mol. The van der Waals surface area contributed by atoms with Crippen LogP contribution in [0.25, 0.3) is 0 Å². The zero-order valence-electron chi connectivity index (χ0n) is 18.0. The summed E-state index contributed by atoms with van der Waals surface area (Å²) >= 11 is 0. The predicted octanol–water partition coefficient (Wildman–Crippen LogP) is 4.49. The fourth-order valence-corrected chi connectivity index (χ4v) is 3.09. The van der Waals surface area contributed by atoms with Gasteiger partial charge >= 0.3 is 5.97 Å². The number of hydrogen-bond donors (Lipinski definition) is 0. The molecule has 3 rings (SSSR count). The van der Waals surface area contributed by atoms with E-state index in [2.05, 4.69) is 4.98 Å². The zero-order valence-corrected chi connectivity index (χ0v) is 18.0. The number of carbonyl (C=O) groups excluding carboxylic acids is 2. The Morgan fingerprint density at radius 2 is 1.77 bits per heavy atom. The third-order valence-corrected chi connectivity index (χ3v) is 4.96. The number of ether oxygens (including phenoxy) is 2. The zero-order chi connectivity index (χ0) is 22.2. The molecule has 0 unspecified atom stereocenters. The summed E-state index contributed by atoms with van der Waals surface area (Å²) in [6.07, 6.45) is 3.41. The van der Waals surface area contributed by atoms with Gasteiger partial charge in [0.25, 0.3) is 5.91 Å². The van der Waals surface area contributed by atoms with E-state index in [4.69, 9.17) is 9.47 Å². The van der Waals surface area contributed by atoms with E-state index in [0.717, 1.165) is 16.7 Å². The molecule has 6 heteroatoms. The van der Waals surface area contributed by atoms with Gasteiger partial charge in [-0.1, -0.05) is 18.2 Å². The Hall–Kier alpha value is -3.67. The van der Waals surface area contributed by atoms with Gasteiger partial charge in [-0.3, -0.25) is 9.78 Å². The summed E-state index contributed by atoms with van der Waals surface area (Å²) in [5, 5.41) is 0. The van der Waals surface area contributed by atoms with E-state index >= 15 is 0 Å². The lowest BCUT2D eigenvalue weighted by atomic mass is 10.1. The SMILES string of the molecule is CCOC(=O)c1ccc(N(Cc2cccnc2)C(=O)COc2cccc(C)c2C)cc1. The standard InChI is InChI=1S/C25H26N2O4/c1-4-30-25(29)21-10-12-22(13-11-21)27(16-20-8-6-14-26-15-20)24(28)17-31-23-9-5-7-18(2)19(23)3/h5-15H,4,16-17H2,1-3H3. The Bertz CT molecular complexity index is 1030. The average molecular weight is 418 g/mol. The first kappa shape index (κ1) is 22.0. The molecule has 1 heterocycles. The number of aromatic nitrogens is 1. The van der Waals surface area contributed by atoms with E-state index in [1.165, 1.54) is 0 Å². The highest BCUT2D eigenvalue weighted by Gasteiger charge is 2.19. The van der Waals surface area contributed by atoms with Crippen molar-refractivity contribution in [1.29, 1.82) is 0 Å². The molecule has 1 aromatic heterocycles. The Labute approximate surface area is 182 Å². The van der Waals surface area contributed by atoms with Gasteiger partial charge in [-0.15, -0.1) is 0 Å². The van der Waals surface area contributed by atoms with Gasteiger partial charge in [0.1, 0.15) is 5.75 Å². The van der Waals surface area contributed by atoms with Gasteiger partial charge in [-0.25, -0.2) is 4.79 Å². The maximum absolute atomic E-state index is 13.1. The topological polar surface area (TPSA) is 68.7 Å². The average Bonchev–Trinajstić information content (AvgIpc) is 2.79. The van der Waals surface area contributed by atoms with E-state index in [-0.39, 0.29) is 12.5 Å². The molecule has 0 saturated carbocycles. The molecule has 1 amide bonds. The number of aryl methyl sites for hydroxylation is 1. The summed E-state index contributed by atoms with van der Waals surface area (Å²) in [5.41, 5.74) is 4.09. The fourth-order valence-electron chi connectivity index (χ4n) is 3.09. The number of esters is 1. The van der Waals surface area contributed by atoms with Crippen molar-refractivity contribution in [2.24, 2.45) is 0 Å². The van der Waals surface area contributed by atoms with Crippen LogP contribution in [0.2, 0.25) is 0 Å². The van der Waals surface area contributed by atoms with Crippen LogP contribution in [-0.2, 0) is 16.1 Å². The fraction of sp³-hybridized carbons (Fsp3) is 0.240. The Morgan fingerprint density at radius 3 is 2.45 bits per heavy atom. The Balaban J connectivity index is 1.81. The molecule has 0 N–H and O–H groups in total. The number of rotatable bonds is 8. The number of benzene rings is 2. The van der Waals surface area contributed by atoms with E-state index in [1.54, 1.807) is 48.5 Å². The highest BCUT2D eigenvalue weighted by atomic mass is 16.5. The van der Waals surface area contributed by atoms with Crippen LogP contribution in [0.1, 0.15) is 34.0 Å². The molecule has 0 bridgehead atoms. The number of amides is 1. The largest absolute Gasteiger partial charge is 0.483 e. The number of carbonyl (C=O) groups is 2. The molecule has 6 nitrogen and oxygen atoms in total. The maximum Gasteiger partial charge on any atom is 0.338 e. The van der Waals surface area contributed by atoms with Crippen LogP contribution in [0.5, 0.6) is 5.75 Å². The lowest BCUT2D eigenvalue weighted by molar-refractivity contribution is -0.120. The molecule has 0 aliphatic carbocycles. The van der Waals surface area contributed by atoms with E-state index in [9.17, 15) is 9.59 Å². The van der Waals surface area contributed by atoms with E-state index in [1.807, 2.05) is 44.2 Å². The Morgan fingerprint density at radius 1 is 1.00 bits per heavy atom. The minimum Gasteiger partial charge on any atom is -0.483 e. The number of hydrogen-bond acceptors (Lipinski definition) is 5. The molecule has 0 fully saturated rings. The molecule has 160 valence electrons. The molecule has 0 saturated heterocycles. The van der Waals surface area contributed by atoms with E-state index < -0.39 is 5.97 Å². The van der Waals surface area contributed by atoms with Gasteiger partial charge < -0.3 is 14.4 Å². The molecule has 3 aromatic rings. The van der Waals surface area contributed by atoms with Crippen LogP contribution in [0.15, 0.2) is 67.0 Å². The smallest absolute Gasteiger partial charge is 0.338 e. The molecule has 0 radical (unpaired) electrons. The summed E-state index contributed by atoms with van der Waals surface area (Å²) < 4.78 is 10.9. The molecule has 0 spiro atoms. The van der Waals surface area contributed by atoms with Crippen molar-refractivity contribution in [3.8, 4) is 5.75 Å². The maximum atomic E-state index is 13.1. The predicted molar refractivity (Wildman–Crippen MR) is 119 cm³/mol. The van der Waals surface area contributed by atoms with Crippen LogP contribution in [0.4, 0.5) is 5.69 Å². The summed E-state index contributed by atoms with van der Waals surface area (Å²) in [6, 6.07) is 16.3. The van der Waals surface area contributed by atoms with Crippen molar-refractivity contribution < 1.29 is 19.1 Å². The first-order chi connectivity index (χ1) is 15.0. The van der Waals surface area contributed by atoms with Crippen LogP contribution in [0, 0.1) is 13.8 Å². The summed E-state index contributed by atoms with van der Waals surface area (Å²) in [5.74, 6) is 0.0958. The normalized spacial score (nSPS) is 10.4. The van der Waals surface area contributed by atoms with Crippen LogP contribution < -0.4 is 9.64 Å². The monoisotopic (exact) mass is 418 g/mol. The van der Waals surface area contributed by atoms with Gasteiger partial charge in [-0.2, -0.15) is 0 Å². The molecule has 0 atom stereocenters. The van der Waals surface area contributed by atoms with Crippen molar-refractivity contribution in [1.82, 2.24) is 4.98 Å². The van der Waals surface area contributed by atoms with Gasteiger partial charge in [0, 0.05) is 18.1 Å².